The van der Waals surface area contributed by atoms with E-state index in [0.29, 0.717) is 29.5 Å². The highest BCUT2D eigenvalue weighted by atomic mass is 32.2. The molecule has 0 aliphatic heterocycles. The number of para-hydroxylation sites is 2. The maximum Gasteiger partial charge on any atom is 0.196 e. The van der Waals surface area contributed by atoms with Crippen LogP contribution >= 0.6 is 11.8 Å². The van der Waals surface area contributed by atoms with Gasteiger partial charge in [0.1, 0.15) is 5.75 Å². The van der Waals surface area contributed by atoms with E-state index >= 15 is 0 Å². The normalized spacial score (nSPS) is 10.9. The number of ether oxygens (including phenoxy) is 1. The van der Waals surface area contributed by atoms with Gasteiger partial charge in [0.15, 0.2) is 16.8 Å². The summed E-state index contributed by atoms with van der Waals surface area (Å²) < 4.78 is 9.33. The third kappa shape index (κ3) is 4.61. The molecule has 2 heterocycles. The Hall–Kier alpha value is -4.35. The third-order valence-electron chi connectivity index (χ3n) is 5.86. The second-order valence-corrected chi connectivity index (χ2v) is 9.02. The van der Waals surface area contributed by atoms with Crippen molar-refractivity contribution >= 4 is 28.4 Å². The predicted molar refractivity (Wildman–Crippen MR) is 141 cm³/mol. The number of methoxy groups -OCH3 is 1. The Balaban J connectivity index is 1.47. The molecule has 0 aliphatic carbocycles. The standard InChI is InChI=1S/C28H23N5O2S/c1-35-22-12-7-9-20(17-22)27-30-31-28(33(27)21-10-3-2-4-11-21)36-19-26(34)24-18-32(16-8-15-29)25-14-6-5-13-23(24)25/h2-7,9-14,17-18H,8,16,19H2,1H3. The molecular weight excluding hydrogens is 470 g/mol. The Bertz CT molecular complexity index is 1570. The van der Waals surface area contributed by atoms with Gasteiger partial charge in [-0.3, -0.25) is 9.36 Å². The Labute approximate surface area is 213 Å². The lowest BCUT2D eigenvalue weighted by atomic mass is 10.1. The Kier molecular flexibility index (Phi) is 6.83. The van der Waals surface area contributed by atoms with Gasteiger partial charge in [-0.1, -0.05) is 60.3 Å². The quantitative estimate of drug-likeness (QED) is 0.191. The molecule has 5 aromatic rings. The molecule has 178 valence electrons. The largest absolute Gasteiger partial charge is 0.497 e. The number of Topliss-reactive ketones (excluding diaryl/α,β-unsaturated/α-hetero) is 1. The number of rotatable bonds is 9. The van der Waals surface area contributed by atoms with Crippen LogP contribution in [0.5, 0.6) is 5.75 Å². The summed E-state index contributed by atoms with van der Waals surface area (Å²) in [5.74, 6) is 1.60. The van der Waals surface area contributed by atoms with Crippen molar-refractivity contribution in [1.82, 2.24) is 19.3 Å². The summed E-state index contributed by atoms with van der Waals surface area (Å²) >= 11 is 1.35. The maximum atomic E-state index is 13.4. The molecule has 0 bridgehead atoms. The molecule has 0 amide bonds. The number of carbonyl (C=O) groups is 1. The summed E-state index contributed by atoms with van der Waals surface area (Å²) in [6.07, 6.45) is 2.24. The second kappa shape index (κ2) is 10.5. The topological polar surface area (TPSA) is 85.7 Å². The first-order valence-electron chi connectivity index (χ1n) is 11.5. The van der Waals surface area contributed by atoms with Gasteiger partial charge in [0.2, 0.25) is 0 Å². The molecule has 36 heavy (non-hydrogen) atoms. The maximum absolute atomic E-state index is 13.4. The summed E-state index contributed by atoms with van der Waals surface area (Å²) in [7, 11) is 1.63. The summed E-state index contributed by atoms with van der Waals surface area (Å²) in [5, 5.41) is 19.4. The van der Waals surface area contributed by atoms with Gasteiger partial charge in [-0.2, -0.15) is 5.26 Å². The number of hydrogen-bond acceptors (Lipinski definition) is 6. The van der Waals surface area contributed by atoms with E-state index in [1.807, 2.05) is 94.2 Å². The van der Waals surface area contributed by atoms with Crippen molar-refractivity contribution < 1.29 is 9.53 Å². The smallest absolute Gasteiger partial charge is 0.196 e. The number of nitrogens with zero attached hydrogens (tertiary/aromatic N) is 5. The van der Waals surface area contributed by atoms with Gasteiger partial charge in [0.25, 0.3) is 0 Å². The fraction of sp³-hybridized carbons (Fsp3) is 0.143. The molecule has 0 saturated heterocycles. The van der Waals surface area contributed by atoms with Crippen molar-refractivity contribution in [3.05, 3.63) is 90.6 Å². The van der Waals surface area contributed by atoms with Crippen LogP contribution in [0.4, 0.5) is 0 Å². The molecule has 8 heteroatoms. The molecule has 5 rings (SSSR count). The number of fused-ring (bicyclic) bond motifs is 1. The van der Waals surface area contributed by atoms with Gasteiger partial charge in [-0.15, -0.1) is 10.2 Å². The molecule has 2 aromatic heterocycles. The van der Waals surface area contributed by atoms with Crippen LogP contribution in [0.1, 0.15) is 16.8 Å². The SMILES string of the molecule is COc1cccc(-c2nnc(SCC(=O)c3cn(CCC#N)c4ccccc34)n2-c2ccccc2)c1. The lowest BCUT2D eigenvalue weighted by Crippen LogP contribution is -2.05. The van der Waals surface area contributed by atoms with Gasteiger partial charge in [-0.25, -0.2) is 0 Å². The first kappa shape index (κ1) is 23.4. The number of aryl methyl sites for hydroxylation is 1. The number of benzene rings is 3. The average molecular weight is 494 g/mol. The first-order valence-corrected chi connectivity index (χ1v) is 12.4. The van der Waals surface area contributed by atoms with E-state index < -0.39 is 0 Å². The van der Waals surface area contributed by atoms with E-state index in [0.717, 1.165) is 27.9 Å². The average Bonchev–Trinajstić information content (AvgIpc) is 3.53. The minimum Gasteiger partial charge on any atom is -0.497 e. The molecule has 0 radical (unpaired) electrons. The first-order chi connectivity index (χ1) is 17.7. The second-order valence-electron chi connectivity index (χ2n) is 8.08. The number of hydrogen-bond donors (Lipinski definition) is 0. The lowest BCUT2D eigenvalue weighted by molar-refractivity contribution is 0.102. The van der Waals surface area contributed by atoms with Crippen LogP contribution in [0.25, 0.3) is 28.0 Å². The molecular formula is C28H23N5O2S. The van der Waals surface area contributed by atoms with Gasteiger partial charge in [-0.05, 0) is 30.3 Å². The fourth-order valence-corrected chi connectivity index (χ4v) is 4.99. The van der Waals surface area contributed by atoms with E-state index in [4.69, 9.17) is 10.00 Å². The van der Waals surface area contributed by atoms with Crippen molar-refractivity contribution in [2.75, 3.05) is 12.9 Å². The van der Waals surface area contributed by atoms with Gasteiger partial charge in [0.05, 0.1) is 25.4 Å². The zero-order valence-electron chi connectivity index (χ0n) is 19.7. The van der Waals surface area contributed by atoms with Crippen molar-refractivity contribution in [1.29, 1.82) is 5.26 Å². The molecule has 0 atom stereocenters. The fourth-order valence-electron chi connectivity index (χ4n) is 4.15. The van der Waals surface area contributed by atoms with Crippen molar-refractivity contribution in [2.24, 2.45) is 0 Å². The molecule has 0 aliphatic rings. The number of ketones is 1. The highest BCUT2D eigenvalue weighted by Crippen LogP contribution is 2.31. The van der Waals surface area contributed by atoms with Crippen molar-refractivity contribution in [3.63, 3.8) is 0 Å². The Morgan fingerprint density at radius 3 is 2.64 bits per heavy atom. The van der Waals surface area contributed by atoms with E-state index in [-0.39, 0.29) is 11.5 Å². The number of thioether (sulfide) groups is 1. The van der Waals surface area contributed by atoms with Gasteiger partial charge in [0, 0.05) is 40.5 Å². The van der Waals surface area contributed by atoms with E-state index in [2.05, 4.69) is 16.3 Å². The minimum absolute atomic E-state index is 0.00236. The van der Waals surface area contributed by atoms with Crippen LogP contribution in [-0.2, 0) is 6.54 Å². The van der Waals surface area contributed by atoms with Crippen LogP contribution < -0.4 is 4.74 Å². The van der Waals surface area contributed by atoms with Crippen LogP contribution in [0.15, 0.2) is 90.2 Å². The monoisotopic (exact) mass is 493 g/mol. The summed E-state index contributed by atoms with van der Waals surface area (Å²) in [4.78, 5) is 13.4. The van der Waals surface area contributed by atoms with Gasteiger partial charge >= 0.3 is 0 Å². The number of carbonyl (C=O) groups excluding carboxylic acids is 1. The van der Waals surface area contributed by atoms with Crippen LogP contribution in [0.2, 0.25) is 0 Å². The molecule has 0 fully saturated rings. The van der Waals surface area contributed by atoms with E-state index in [9.17, 15) is 4.79 Å². The summed E-state index contributed by atoms with van der Waals surface area (Å²) in [6.45, 7) is 0.545. The molecule has 0 N–H and O–H groups in total. The summed E-state index contributed by atoms with van der Waals surface area (Å²) in [6, 6.07) is 27.5. The Morgan fingerprint density at radius 2 is 1.83 bits per heavy atom. The number of nitriles is 1. The number of aromatic nitrogens is 4. The van der Waals surface area contributed by atoms with Gasteiger partial charge < -0.3 is 9.30 Å². The minimum atomic E-state index is -0.00236. The molecule has 3 aromatic carbocycles. The van der Waals surface area contributed by atoms with E-state index in [1.54, 1.807) is 7.11 Å². The summed E-state index contributed by atoms with van der Waals surface area (Å²) in [5.41, 5.74) is 3.37. The zero-order chi connectivity index (χ0) is 24.9. The van der Waals surface area contributed by atoms with E-state index in [1.165, 1.54) is 11.8 Å². The van der Waals surface area contributed by atoms with Crippen LogP contribution in [0.3, 0.4) is 0 Å². The Morgan fingerprint density at radius 1 is 1.03 bits per heavy atom. The van der Waals surface area contributed by atoms with Crippen molar-refractivity contribution in [3.8, 4) is 28.9 Å². The molecule has 7 nitrogen and oxygen atoms in total. The predicted octanol–water partition coefficient (Wildman–Crippen LogP) is 5.79. The molecule has 0 saturated carbocycles. The third-order valence-corrected chi connectivity index (χ3v) is 6.79. The molecule has 0 spiro atoms. The highest BCUT2D eigenvalue weighted by molar-refractivity contribution is 7.99. The highest BCUT2D eigenvalue weighted by Gasteiger charge is 2.20. The zero-order valence-corrected chi connectivity index (χ0v) is 20.5. The molecule has 0 unspecified atom stereocenters. The lowest BCUT2D eigenvalue weighted by Gasteiger charge is -2.11. The van der Waals surface area contributed by atoms with Crippen LogP contribution in [-0.4, -0.2) is 38.0 Å². The van der Waals surface area contributed by atoms with Crippen molar-refractivity contribution in [2.45, 2.75) is 18.1 Å². The van der Waals surface area contributed by atoms with Crippen LogP contribution in [0, 0.1) is 11.3 Å².